The molecular weight excluding hydrogens is 246 g/mol. The molecule has 5 heteroatoms. The van der Waals surface area contributed by atoms with Crippen LogP contribution in [0.4, 0.5) is 5.69 Å². The molecule has 0 aliphatic heterocycles. The molecule has 1 aromatic rings. The van der Waals surface area contributed by atoms with E-state index in [2.05, 4.69) is 0 Å². The Bertz CT molecular complexity index is 432. The molecule has 0 aromatic heterocycles. The van der Waals surface area contributed by atoms with Crippen LogP contribution >= 0.6 is 0 Å². The van der Waals surface area contributed by atoms with E-state index in [0.29, 0.717) is 17.2 Å². The Labute approximate surface area is 114 Å². The van der Waals surface area contributed by atoms with E-state index >= 15 is 0 Å². The van der Waals surface area contributed by atoms with Crippen molar-refractivity contribution in [2.75, 3.05) is 39.9 Å². The quantitative estimate of drug-likeness (QED) is 0.855. The van der Waals surface area contributed by atoms with Crippen molar-refractivity contribution in [1.29, 1.82) is 0 Å². The zero-order chi connectivity index (χ0) is 14.6. The molecule has 19 heavy (non-hydrogen) atoms. The number of benzene rings is 1. The SMILES string of the molecule is COc1cc(OC)c(N(C)C(C)(C)CO)cc1OC. The number of aliphatic hydroxyl groups excluding tert-OH is 1. The molecule has 1 aromatic carbocycles. The molecule has 5 nitrogen and oxygen atoms in total. The van der Waals surface area contributed by atoms with Gasteiger partial charge in [0.1, 0.15) is 5.75 Å². The Morgan fingerprint density at radius 1 is 1.00 bits per heavy atom. The molecule has 0 saturated carbocycles. The second-order valence-corrected chi connectivity index (χ2v) is 4.91. The van der Waals surface area contributed by atoms with Gasteiger partial charge in [-0.2, -0.15) is 0 Å². The third-order valence-corrected chi connectivity index (χ3v) is 3.34. The van der Waals surface area contributed by atoms with Crippen LogP contribution in [0.1, 0.15) is 13.8 Å². The molecule has 0 spiro atoms. The summed E-state index contributed by atoms with van der Waals surface area (Å²) in [6.45, 7) is 3.92. The van der Waals surface area contributed by atoms with Crippen molar-refractivity contribution in [2.24, 2.45) is 0 Å². The maximum atomic E-state index is 9.48. The molecule has 108 valence electrons. The van der Waals surface area contributed by atoms with Gasteiger partial charge in [-0.3, -0.25) is 0 Å². The van der Waals surface area contributed by atoms with Crippen LogP contribution in [0.2, 0.25) is 0 Å². The zero-order valence-electron chi connectivity index (χ0n) is 12.5. The van der Waals surface area contributed by atoms with E-state index in [4.69, 9.17) is 14.2 Å². The molecule has 0 unspecified atom stereocenters. The Morgan fingerprint density at radius 3 is 1.89 bits per heavy atom. The molecule has 0 heterocycles. The first-order valence-corrected chi connectivity index (χ1v) is 6.06. The molecule has 1 rings (SSSR count). The van der Waals surface area contributed by atoms with Gasteiger partial charge < -0.3 is 24.2 Å². The highest BCUT2D eigenvalue weighted by molar-refractivity contribution is 5.66. The summed E-state index contributed by atoms with van der Waals surface area (Å²) in [4.78, 5) is 1.95. The molecule has 0 amide bonds. The minimum absolute atomic E-state index is 0.0288. The van der Waals surface area contributed by atoms with Crippen molar-refractivity contribution in [3.63, 3.8) is 0 Å². The Kier molecular flexibility index (Phi) is 4.89. The van der Waals surface area contributed by atoms with Gasteiger partial charge in [0.05, 0.1) is 39.2 Å². The molecular formula is C14H23NO4. The van der Waals surface area contributed by atoms with Crippen molar-refractivity contribution in [3.8, 4) is 17.2 Å². The van der Waals surface area contributed by atoms with Gasteiger partial charge in [-0.15, -0.1) is 0 Å². The van der Waals surface area contributed by atoms with Crippen molar-refractivity contribution in [1.82, 2.24) is 0 Å². The molecule has 0 aliphatic carbocycles. The Balaban J connectivity index is 3.33. The third kappa shape index (κ3) is 3.04. The number of methoxy groups -OCH3 is 3. The van der Waals surface area contributed by atoms with Crippen LogP contribution in [0.3, 0.4) is 0 Å². The lowest BCUT2D eigenvalue weighted by atomic mass is 10.0. The molecule has 0 bridgehead atoms. The van der Waals surface area contributed by atoms with Crippen LogP contribution in [-0.4, -0.2) is 45.6 Å². The lowest BCUT2D eigenvalue weighted by molar-refractivity contribution is 0.215. The first kappa shape index (κ1) is 15.4. The number of nitrogens with zero attached hydrogens (tertiary/aromatic N) is 1. The Morgan fingerprint density at radius 2 is 1.47 bits per heavy atom. The van der Waals surface area contributed by atoms with Gasteiger partial charge in [-0.25, -0.2) is 0 Å². The number of anilines is 1. The van der Waals surface area contributed by atoms with E-state index in [1.54, 1.807) is 27.4 Å². The van der Waals surface area contributed by atoms with Gasteiger partial charge in [0.25, 0.3) is 0 Å². The second-order valence-electron chi connectivity index (χ2n) is 4.91. The average Bonchev–Trinajstić information content (AvgIpc) is 2.44. The van der Waals surface area contributed by atoms with Crippen molar-refractivity contribution < 1.29 is 19.3 Å². The van der Waals surface area contributed by atoms with Crippen LogP contribution in [-0.2, 0) is 0 Å². The summed E-state index contributed by atoms with van der Waals surface area (Å²) >= 11 is 0. The number of hydrogen-bond acceptors (Lipinski definition) is 5. The lowest BCUT2D eigenvalue weighted by Gasteiger charge is -2.36. The van der Waals surface area contributed by atoms with Crippen LogP contribution in [0, 0.1) is 0 Å². The summed E-state index contributed by atoms with van der Waals surface area (Å²) in [6, 6.07) is 3.62. The summed E-state index contributed by atoms with van der Waals surface area (Å²) in [5.74, 6) is 1.90. The molecule has 0 fully saturated rings. The van der Waals surface area contributed by atoms with Gasteiger partial charge >= 0.3 is 0 Å². The van der Waals surface area contributed by atoms with Crippen LogP contribution in [0.25, 0.3) is 0 Å². The number of likely N-dealkylation sites (N-methyl/N-ethyl adjacent to an activating group) is 1. The predicted molar refractivity (Wildman–Crippen MR) is 75.7 cm³/mol. The van der Waals surface area contributed by atoms with E-state index in [9.17, 15) is 5.11 Å². The van der Waals surface area contributed by atoms with E-state index in [-0.39, 0.29) is 6.61 Å². The molecule has 0 aliphatic rings. The van der Waals surface area contributed by atoms with Gasteiger partial charge in [0.15, 0.2) is 11.5 Å². The maximum Gasteiger partial charge on any atom is 0.164 e. The highest BCUT2D eigenvalue weighted by Crippen LogP contribution is 2.41. The highest BCUT2D eigenvalue weighted by atomic mass is 16.5. The van der Waals surface area contributed by atoms with Crippen molar-refractivity contribution in [3.05, 3.63) is 12.1 Å². The van der Waals surface area contributed by atoms with Crippen molar-refractivity contribution in [2.45, 2.75) is 19.4 Å². The van der Waals surface area contributed by atoms with Crippen LogP contribution < -0.4 is 19.1 Å². The summed E-state index contributed by atoms with van der Waals surface area (Å²) in [6.07, 6.45) is 0. The second kappa shape index (κ2) is 6.02. The first-order chi connectivity index (χ1) is 8.91. The van der Waals surface area contributed by atoms with E-state index in [1.807, 2.05) is 31.9 Å². The van der Waals surface area contributed by atoms with Gasteiger partial charge in [-0.1, -0.05) is 0 Å². The summed E-state index contributed by atoms with van der Waals surface area (Å²) in [7, 11) is 6.67. The predicted octanol–water partition coefficient (Wildman–Crippen LogP) is 1.92. The average molecular weight is 269 g/mol. The first-order valence-electron chi connectivity index (χ1n) is 6.06. The van der Waals surface area contributed by atoms with E-state index in [1.165, 1.54) is 0 Å². The summed E-state index contributed by atoms with van der Waals surface area (Å²) in [5, 5.41) is 9.48. The van der Waals surface area contributed by atoms with Gasteiger partial charge in [0, 0.05) is 19.2 Å². The summed E-state index contributed by atoms with van der Waals surface area (Å²) < 4.78 is 15.9. The molecule has 0 saturated heterocycles. The van der Waals surface area contributed by atoms with Gasteiger partial charge in [-0.05, 0) is 13.8 Å². The monoisotopic (exact) mass is 269 g/mol. The smallest absolute Gasteiger partial charge is 0.164 e. The summed E-state index contributed by atoms with van der Waals surface area (Å²) in [5.41, 5.74) is 0.423. The minimum Gasteiger partial charge on any atom is -0.494 e. The normalized spacial score (nSPS) is 11.1. The largest absolute Gasteiger partial charge is 0.494 e. The van der Waals surface area contributed by atoms with Crippen LogP contribution in [0.5, 0.6) is 17.2 Å². The van der Waals surface area contributed by atoms with E-state index in [0.717, 1.165) is 5.69 Å². The topological polar surface area (TPSA) is 51.2 Å². The molecule has 0 atom stereocenters. The fourth-order valence-corrected chi connectivity index (χ4v) is 1.71. The number of aliphatic hydroxyl groups is 1. The maximum absolute atomic E-state index is 9.48. The number of hydrogen-bond donors (Lipinski definition) is 1. The van der Waals surface area contributed by atoms with Crippen LogP contribution in [0.15, 0.2) is 12.1 Å². The standard InChI is InChI=1S/C14H23NO4/c1-14(2,9-16)15(3)10-7-12(18-5)13(19-6)8-11(10)17-4/h7-8,16H,9H2,1-6H3. The minimum atomic E-state index is -0.410. The van der Waals surface area contributed by atoms with Gasteiger partial charge in [0.2, 0.25) is 0 Å². The number of rotatable bonds is 6. The third-order valence-electron chi connectivity index (χ3n) is 3.34. The fraction of sp³-hybridized carbons (Fsp3) is 0.571. The highest BCUT2D eigenvalue weighted by Gasteiger charge is 2.26. The molecule has 1 N–H and O–H groups in total. The molecule has 0 radical (unpaired) electrons. The number of ether oxygens (including phenoxy) is 3. The van der Waals surface area contributed by atoms with E-state index < -0.39 is 5.54 Å². The lowest BCUT2D eigenvalue weighted by Crippen LogP contribution is -2.44. The van der Waals surface area contributed by atoms with Crippen molar-refractivity contribution >= 4 is 5.69 Å². The Hall–Kier alpha value is -1.62. The fourth-order valence-electron chi connectivity index (χ4n) is 1.71. The zero-order valence-corrected chi connectivity index (χ0v) is 12.5.